The van der Waals surface area contributed by atoms with Crippen LogP contribution in [0.1, 0.15) is 19.4 Å². The molecule has 17 heavy (non-hydrogen) atoms. The smallest absolute Gasteiger partial charge is 0.408 e. The van der Waals surface area contributed by atoms with Gasteiger partial charge in [-0.2, -0.15) is 5.26 Å². The monoisotopic (exact) mass is 231 g/mol. The van der Waals surface area contributed by atoms with Gasteiger partial charge in [0.2, 0.25) is 0 Å². The molecule has 88 valence electrons. The zero-order chi connectivity index (χ0) is 12.5. The van der Waals surface area contributed by atoms with Gasteiger partial charge in [-0.3, -0.25) is 10.3 Å². The van der Waals surface area contributed by atoms with E-state index in [1.807, 2.05) is 19.9 Å². The Labute approximate surface area is 98.1 Å². The lowest BCUT2D eigenvalue weighted by molar-refractivity contribution is 0.485. The van der Waals surface area contributed by atoms with E-state index in [0.717, 1.165) is 5.56 Å². The van der Waals surface area contributed by atoms with Gasteiger partial charge < -0.3 is 4.42 Å². The molecule has 0 fully saturated rings. The van der Waals surface area contributed by atoms with E-state index in [1.165, 1.54) is 0 Å². The number of aromatic amines is 1. The molecule has 1 aromatic heterocycles. The Kier molecular flexibility index (Phi) is 2.74. The zero-order valence-electron chi connectivity index (χ0n) is 9.70. The minimum absolute atomic E-state index is 0.456. The third-order valence-corrected chi connectivity index (χ3v) is 2.50. The molecule has 0 bridgehead atoms. The minimum atomic E-state index is -0.575. The van der Waals surface area contributed by atoms with Crippen molar-refractivity contribution in [3.8, 4) is 6.07 Å². The predicted molar refractivity (Wildman–Crippen MR) is 63.4 cm³/mol. The van der Waals surface area contributed by atoms with Crippen LogP contribution in [0.3, 0.4) is 0 Å². The molecule has 2 rings (SSSR count). The Morgan fingerprint density at radius 3 is 3.00 bits per heavy atom. The number of H-pyrrole nitrogens is 1. The van der Waals surface area contributed by atoms with Crippen molar-refractivity contribution in [2.75, 3.05) is 0 Å². The number of aromatic nitrogens is 1. The van der Waals surface area contributed by atoms with Crippen LogP contribution >= 0.6 is 0 Å². The fraction of sp³-hybridized carbons (Fsp3) is 0.333. The number of oxazole rings is 1. The predicted octanol–water partition coefficient (Wildman–Crippen LogP) is 1.51. The highest BCUT2D eigenvalue weighted by Gasteiger charge is 2.15. The van der Waals surface area contributed by atoms with Crippen molar-refractivity contribution >= 4 is 11.1 Å². The number of fused-ring (bicyclic) bond motifs is 1. The summed E-state index contributed by atoms with van der Waals surface area (Å²) in [7, 11) is 0. The second-order valence-corrected chi connectivity index (χ2v) is 4.44. The van der Waals surface area contributed by atoms with Crippen LogP contribution in [-0.2, 0) is 6.54 Å². The maximum atomic E-state index is 11.0. The summed E-state index contributed by atoms with van der Waals surface area (Å²) in [6.07, 6.45) is 0. The number of nitrogens with zero attached hydrogens (tertiary/aromatic N) is 1. The van der Waals surface area contributed by atoms with Crippen molar-refractivity contribution in [3.63, 3.8) is 0 Å². The summed E-state index contributed by atoms with van der Waals surface area (Å²) in [5.41, 5.74) is 1.60. The zero-order valence-corrected chi connectivity index (χ0v) is 9.70. The van der Waals surface area contributed by atoms with E-state index in [-0.39, 0.29) is 0 Å². The summed E-state index contributed by atoms with van der Waals surface area (Å²) >= 11 is 0. The Morgan fingerprint density at radius 1 is 1.53 bits per heavy atom. The van der Waals surface area contributed by atoms with Crippen LogP contribution in [0.25, 0.3) is 11.1 Å². The van der Waals surface area contributed by atoms with Crippen LogP contribution < -0.4 is 11.1 Å². The van der Waals surface area contributed by atoms with Gasteiger partial charge in [-0.15, -0.1) is 0 Å². The Hall–Kier alpha value is -2.06. The molecule has 0 saturated carbocycles. The van der Waals surface area contributed by atoms with E-state index in [1.54, 1.807) is 12.1 Å². The summed E-state index contributed by atoms with van der Waals surface area (Å²) in [6, 6.07) is 7.62. The normalized spacial score (nSPS) is 11.6. The molecule has 0 spiro atoms. The Morgan fingerprint density at radius 2 is 2.29 bits per heavy atom. The largest absolute Gasteiger partial charge is 0.417 e. The van der Waals surface area contributed by atoms with Gasteiger partial charge in [0, 0.05) is 6.54 Å². The molecule has 1 aromatic carbocycles. The van der Waals surface area contributed by atoms with Crippen molar-refractivity contribution in [1.29, 1.82) is 5.26 Å². The number of benzene rings is 1. The average Bonchev–Trinajstić information content (AvgIpc) is 2.66. The lowest BCUT2D eigenvalue weighted by Gasteiger charge is -2.17. The summed E-state index contributed by atoms with van der Waals surface area (Å²) < 4.78 is 4.96. The second-order valence-electron chi connectivity index (χ2n) is 4.44. The molecule has 0 unspecified atom stereocenters. The SMILES string of the molecule is CC(C)(C#N)NCc1ccc2[nH]c(=O)oc2c1. The van der Waals surface area contributed by atoms with E-state index in [0.29, 0.717) is 17.6 Å². The van der Waals surface area contributed by atoms with E-state index < -0.39 is 11.3 Å². The number of hydrogen-bond donors (Lipinski definition) is 2. The lowest BCUT2D eigenvalue weighted by atomic mass is 10.1. The Balaban J connectivity index is 2.20. The first-order valence-electron chi connectivity index (χ1n) is 5.28. The minimum Gasteiger partial charge on any atom is -0.408 e. The highest BCUT2D eigenvalue weighted by Crippen LogP contribution is 2.13. The van der Waals surface area contributed by atoms with Crippen molar-refractivity contribution < 1.29 is 4.42 Å². The van der Waals surface area contributed by atoms with Crippen molar-refractivity contribution in [1.82, 2.24) is 10.3 Å². The number of nitriles is 1. The molecule has 0 aliphatic carbocycles. The highest BCUT2D eigenvalue weighted by molar-refractivity contribution is 5.72. The first kappa shape index (κ1) is 11.4. The molecule has 0 aliphatic heterocycles. The van der Waals surface area contributed by atoms with Crippen LogP contribution in [0.2, 0.25) is 0 Å². The fourth-order valence-corrected chi connectivity index (χ4v) is 1.46. The van der Waals surface area contributed by atoms with Crippen LogP contribution in [-0.4, -0.2) is 10.5 Å². The molecule has 0 radical (unpaired) electrons. The van der Waals surface area contributed by atoms with E-state index in [4.69, 9.17) is 9.68 Å². The van der Waals surface area contributed by atoms with Gasteiger partial charge in [-0.1, -0.05) is 6.07 Å². The molecule has 2 N–H and O–H groups in total. The summed E-state index contributed by atoms with van der Waals surface area (Å²) in [5, 5.41) is 12.0. The molecule has 1 heterocycles. The van der Waals surface area contributed by atoms with Crippen molar-refractivity contribution in [2.24, 2.45) is 0 Å². The molecule has 0 amide bonds. The molecular weight excluding hydrogens is 218 g/mol. The maximum Gasteiger partial charge on any atom is 0.417 e. The third kappa shape index (κ3) is 2.55. The first-order chi connectivity index (χ1) is 8.00. The standard InChI is InChI=1S/C12H13N3O2/c1-12(2,7-13)14-6-8-3-4-9-10(5-8)17-11(16)15-9/h3-5,14H,6H2,1-2H3,(H,15,16). The van der Waals surface area contributed by atoms with Gasteiger partial charge in [0.15, 0.2) is 5.58 Å². The molecule has 5 nitrogen and oxygen atoms in total. The van der Waals surface area contributed by atoms with Crippen molar-refractivity contribution in [3.05, 3.63) is 34.3 Å². The number of rotatable bonds is 3. The molecule has 0 atom stereocenters. The van der Waals surface area contributed by atoms with E-state index in [9.17, 15) is 4.79 Å². The van der Waals surface area contributed by atoms with Gasteiger partial charge in [-0.05, 0) is 31.5 Å². The van der Waals surface area contributed by atoms with Gasteiger partial charge in [-0.25, -0.2) is 4.79 Å². The first-order valence-corrected chi connectivity index (χ1v) is 5.28. The van der Waals surface area contributed by atoms with Crippen LogP contribution in [0.5, 0.6) is 0 Å². The van der Waals surface area contributed by atoms with Crippen molar-refractivity contribution in [2.45, 2.75) is 25.9 Å². The summed E-state index contributed by atoms with van der Waals surface area (Å²) in [6.45, 7) is 4.16. The second kappa shape index (κ2) is 4.07. The van der Waals surface area contributed by atoms with Gasteiger partial charge in [0.25, 0.3) is 0 Å². The van der Waals surface area contributed by atoms with Gasteiger partial charge in [0.1, 0.15) is 5.54 Å². The van der Waals surface area contributed by atoms with E-state index in [2.05, 4.69) is 16.4 Å². The average molecular weight is 231 g/mol. The Bertz CT molecular complexity index is 631. The van der Waals surface area contributed by atoms with Crippen LogP contribution in [0.15, 0.2) is 27.4 Å². The maximum absolute atomic E-state index is 11.0. The molecular formula is C12H13N3O2. The molecule has 5 heteroatoms. The summed E-state index contributed by atoms with van der Waals surface area (Å²) in [4.78, 5) is 13.6. The number of nitrogens with one attached hydrogen (secondary N) is 2. The fourth-order valence-electron chi connectivity index (χ4n) is 1.46. The molecule has 0 saturated heterocycles. The van der Waals surface area contributed by atoms with Crippen LogP contribution in [0, 0.1) is 11.3 Å². The highest BCUT2D eigenvalue weighted by atomic mass is 16.4. The third-order valence-electron chi connectivity index (χ3n) is 2.50. The van der Waals surface area contributed by atoms with E-state index >= 15 is 0 Å². The molecule has 2 aromatic rings. The van der Waals surface area contributed by atoms with Crippen LogP contribution in [0.4, 0.5) is 0 Å². The summed E-state index contributed by atoms with van der Waals surface area (Å²) in [5.74, 6) is -0.456. The quantitative estimate of drug-likeness (QED) is 0.838. The topological polar surface area (TPSA) is 81.8 Å². The lowest BCUT2D eigenvalue weighted by Crippen LogP contribution is -2.36. The van der Waals surface area contributed by atoms with Gasteiger partial charge >= 0.3 is 5.76 Å². The van der Waals surface area contributed by atoms with Gasteiger partial charge in [0.05, 0.1) is 11.6 Å². The number of hydrogen-bond acceptors (Lipinski definition) is 4. The molecule has 0 aliphatic rings.